The van der Waals surface area contributed by atoms with Crippen molar-refractivity contribution in [3.63, 3.8) is 0 Å². The third-order valence-electron chi connectivity index (χ3n) is 2.75. The molecular weight excluding hydrogens is 279 g/mol. The average molecular weight is 292 g/mol. The Labute approximate surface area is 119 Å². The Kier molecular flexibility index (Phi) is 4.17. The summed E-state index contributed by atoms with van der Waals surface area (Å²) < 4.78 is 18.8. The van der Waals surface area contributed by atoms with Gasteiger partial charge >= 0.3 is 5.69 Å². The van der Waals surface area contributed by atoms with Crippen LogP contribution in [0.15, 0.2) is 30.3 Å². The van der Waals surface area contributed by atoms with E-state index in [-0.39, 0.29) is 17.2 Å². The number of benzene rings is 1. The summed E-state index contributed by atoms with van der Waals surface area (Å²) in [6, 6.07) is 6.80. The fourth-order valence-corrected chi connectivity index (χ4v) is 1.69. The molecule has 2 rings (SSSR count). The first-order valence-electron chi connectivity index (χ1n) is 5.99. The molecule has 1 aromatic carbocycles. The molecule has 0 unspecified atom stereocenters. The summed E-state index contributed by atoms with van der Waals surface area (Å²) >= 11 is 0. The summed E-state index contributed by atoms with van der Waals surface area (Å²) in [4.78, 5) is 14.4. The maximum atomic E-state index is 13.8. The minimum atomic E-state index is -0.590. The molecule has 8 heteroatoms. The molecule has 0 saturated heterocycles. The number of anilines is 3. The van der Waals surface area contributed by atoms with Crippen molar-refractivity contribution in [1.82, 2.24) is 4.98 Å². The van der Waals surface area contributed by atoms with Crippen LogP contribution in [-0.4, -0.2) is 24.1 Å². The number of nitrogens with one attached hydrogen (secondary N) is 2. The maximum Gasteiger partial charge on any atom is 0.311 e. The minimum Gasteiger partial charge on any atom is -0.497 e. The van der Waals surface area contributed by atoms with Crippen molar-refractivity contribution in [3.05, 3.63) is 46.3 Å². The Morgan fingerprint density at radius 1 is 1.33 bits per heavy atom. The second-order valence-electron chi connectivity index (χ2n) is 4.04. The van der Waals surface area contributed by atoms with Crippen LogP contribution in [0.2, 0.25) is 0 Å². The van der Waals surface area contributed by atoms with Gasteiger partial charge in [0.1, 0.15) is 17.4 Å². The average Bonchev–Trinajstić information content (AvgIpc) is 2.49. The molecule has 0 radical (unpaired) electrons. The van der Waals surface area contributed by atoms with Crippen molar-refractivity contribution < 1.29 is 14.1 Å². The number of hydrogen-bond donors (Lipinski definition) is 2. The van der Waals surface area contributed by atoms with Crippen molar-refractivity contribution in [2.75, 3.05) is 24.8 Å². The summed E-state index contributed by atoms with van der Waals surface area (Å²) in [6.45, 7) is 0. The zero-order valence-electron chi connectivity index (χ0n) is 11.4. The van der Waals surface area contributed by atoms with E-state index in [4.69, 9.17) is 4.74 Å². The number of nitrogens with zero attached hydrogens (tertiary/aromatic N) is 2. The fourth-order valence-electron chi connectivity index (χ4n) is 1.69. The lowest BCUT2D eigenvalue weighted by molar-refractivity contribution is -0.384. The lowest BCUT2D eigenvalue weighted by Gasteiger charge is -2.10. The van der Waals surface area contributed by atoms with Crippen LogP contribution in [0.5, 0.6) is 5.75 Å². The molecule has 1 aromatic heterocycles. The molecule has 1 heterocycles. The molecule has 110 valence electrons. The van der Waals surface area contributed by atoms with Crippen LogP contribution in [0.3, 0.4) is 0 Å². The molecule has 0 amide bonds. The Bertz CT molecular complexity index is 678. The summed E-state index contributed by atoms with van der Waals surface area (Å²) in [5, 5.41) is 16.4. The van der Waals surface area contributed by atoms with Gasteiger partial charge in [0.05, 0.1) is 17.7 Å². The molecule has 0 fully saturated rings. The first-order valence-corrected chi connectivity index (χ1v) is 5.99. The van der Waals surface area contributed by atoms with Gasteiger partial charge in [-0.05, 0) is 18.2 Å². The molecule has 2 N–H and O–H groups in total. The number of pyridine rings is 1. The molecule has 2 aromatic rings. The summed E-state index contributed by atoms with van der Waals surface area (Å²) in [6.07, 6.45) is 0. The smallest absolute Gasteiger partial charge is 0.311 e. The second-order valence-corrected chi connectivity index (χ2v) is 4.04. The predicted molar refractivity (Wildman–Crippen MR) is 76.7 cm³/mol. The van der Waals surface area contributed by atoms with Gasteiger partial charge in [0.25, 0.3) is 0 Å². The van der Waals surface area contributed by atoms with E-state index in [1.54, 1.807) is 7.05 Å². The molecule has 0 atom stereocenters. The number of nitro groups is 1. The second kappa shape index (κ2) is 6.04. The van der Waals surface area contributed by atoms with Gasteiger partial charge in [0, 0.05) is 19.2 Å². The van der Waals surface area contributed by atoms with E-state index in [2.05, 4.69) is 15.6 Å². The Hall–Kier alpha value is -2.90. The van der Waals surface area contributed by atoms with Gasteiger partial charge in [0.2, 0.25) is 5.82 Å². The highest BCUT2D eigenvalue weighted by Gasteiger charge is 2.17. The zero-order valence-corrected chi connectivity index (χ0v) is 11.4. The number of rotatable bonds is 5. The fraction of sp³-hybridized carbons (Fsp3) is 0.154. The van der Waals surface area contributed by atoms with Crippen molar-refractivity contribution in [1.29, 1.82) is 0 Å². The monoisotopic (exact) mass is 292 g/mol. The summed E-state index contributed by atoms with van der Waals surface area (Å²) in [5.74, 6) is 0.221. The number of aromatic nitrogens is 1. The zero-order chi connectivity index (χ0) is 15.4. The van der Waals surface area contributed by atoms with Gasteiger partial charge in [0.15, 0.2) is 0 Å². The first kappa shape index (κ1) is 14.5. The lowest BCUT2D eigenvalue weighted by Crippen LogP contribution is -2.03. The molecule has 7 nitrogen and oxygen atoms in total. The number of hydrogen-bond acceptors (Lipinski definition) is 6. The van der Waals surface area contributed by atoms with Crippen molar-refractivity contribution >= 4 is 23.0 Å². The first-order chi connectivity index (χ1) is 10.0. The van der Waals surface area contributed by atoms with E-state index in [0.717, 1.165) is 0 Å². The Morgan fingerprint density at radius 2 is 2.10 bits per heavy atom. The van der Waals surface area contributed by atoms with E-state index >= 15 is 0 Å². The van der Waals surface area contributed by atoms with Crippen LogP contribution in [0.25, 0.3) is 0 Å². The van der Waals surface area contributed by atoms with Gasteiger partial charge in [-0.2, -0.15) is 0 Å². The van der Waals surface area contributed by atoms with E-state index in [1.807, 2.05) is 0 Å². The van der Waals surface area contributed by atoms with Crippen LogP contribution >= 0.6 is 0 Å². The lowest BCUT2D eigenvalue weighted by atomic mass is 10.2. The summed E-state index contributed by atoms with van der Waals surface area (Å²) in [7, 11) is 3.07. The van der Waals surface area contributed by atoms with Gasteiger partial charge in [-0.3, -0.25) is 10.1 Å². The van der Waals surface area contributed by atoms with Crippen LogP contribution in [0.1, 0.15) is 0 Å². The summed E-state index contributed by atoms with van der Waals surface area (Å²) in [5.41, 5.74) is -0.213. The van der Waals surface area contributed by atoms with Crippen molar-refractivity contribution in [2.24, 2.45) is 0 Å². The van der Waals surface area contributed by atoms with Crippen LogP contribution in [0, 0.1) is 15.9 Å². The van der Waals surface area contributed by atoms with Crippen LogP contribution in [0.4, 0.5) is 27.4 Å². The predicted octanol–water partition coefficient (Wildman–Crippen LogP) is 2.92. The highest BCUT2D eigenvalue weighted by molar-refractivity contribution is 5.68. The molecule has 21 heavy (non-hydrogen) atoms. The normalized spacial score (nSPS) is 10.0. The third kappa shape index (κ3) is 3.16. The van der Waals surface area contributed by atoms with E-state index < -0.39 is 10.7 Å². The SMILES string of the molecule is CNc1ccc([N+](=O)[O-])c(Nc2cc(OC)ccc2F)n1. The van der Waals surface area contributed by atoms with E-state index in [0.29, 0.717) is 11.6 Å². The highest BCUT2D eigenvalue weighted by Crippen LogP contribution is 2.30. The largest absolute Gasteiger partial charge is 0.497 e. The Morgan fingerprint density at radius 3 is 2.71 bits per heavy atom. The molecule has 0 aliphatic carbocycles. The van der Waals surface area contributed by atoms with Crippen molar-refractivity contribution in [3.8, 4) is 5.75 Å². The standard InChI is InChI=1S/C13H13FN4O3/c1-15-12-6-5-11(18(19)20)13(17-12)16-10-7-8(21-2)3-4-9(10)14/h3-7H,1-2H3,(H2,15,16,17). The van der Waals surface area contributed by atoms with Crippen LogP contribution in [-0.2, 0) is 0 Å². The van der Waals surface area contributed by atoms with E-state index in [9.17, 15) is 14.5 Å². The van der Waals surface area contributed by atoms with Gasteiger partial charge < -0.3 is 15.4 Å². The number of ether oxygens (including phenoxy) is 1. The molecule has 0 spiro atoms. The third-order valence-corrected chi connectivity index (χ3v) is 2.75. The minimum absolute atomic E-state index is 0.0400. The van der Waals surface area contributed by atoms with Gasteiger partial charge in [-0.15, -0.1) is 0 Å². The molecule has 0 bridgehead atoms. The topological polar surface area (TPSA) is 89.3 Å². The van der Waals surface area contributed by atoms with Gasteiger partial charge in [-0.25, -0.2) is 9.37 Å². The molecule has 0 saturated carbocycles. The number of halogens is 1. The van der Waals surface area contributed by atoms with Crippen molar-refractivity contribution in [2.45, 2.75) is 0 Å². The Balaban J connectivity index is 2.44. The molecule has 0 aliphatic rings. The molecule has 0 aliphatic heterocycles. The van der Waals surface area contributed by atoms with Gasteiger partial charge in [-0.1, -0.05) is 0 Å². The quantitative estimate of drug-likeness (QED) is 0.650. The maximum absolute atomic E-state index is 13.8. The van der Waals surface area contributed by atoms with E-state index in [1.165, 1.54) is 37.4 Å². The molecular formula is C13H13FN4O3. The highest BCUT2D eigenvalue weighted by atomic mass is 19.1. The number of methoxy groups -OCH3 is 1. The van der Waals surface area contributed by atoms with Crippen LogP contribution < -0.4 is 15.4 Å².